The molecule has 0 spiro atoms. The molecule has 0 unspecified atom stereocenters. The Balaban J connectivity index is 2.34. The average Bonchev–Trinajstić information content (AvgIpc) is 2.17. The summed E-state index contributed by atoms with van der Waals surface area (Å²) in [5.74, 6) is -0.923. The van der Waals surface area contributed by atoms with E-state index in [0.29, 0.717) is 25.7 Å². The molecule has 0 bridgehead atoms. The maximum absolute atomic E-state index is 12.2. The van der Waals surface area contributed by atoms with Crippen LogP contribution in [0.4, 0.5) is 8.78 Å². The summed E-state index contributed by atoms with van der Waals surface area (Å²) in [6, 6.07) is 0. The number of hydrogen-bond donors (Lipinski definition) is 0. The summed E-state index contributed by atoms with van der Waals surface area (Å²) in [6.45, 7) is 0. The summed E-state index contributed by atoms with van der Waals surface area (Å²) in [5, 5.41) is 0. The molecule has 1 aliphatic rings. The minimum atomic E-state index is -2.24. The van der Waals surface area contributed by atoms with Crippen molar-refractivity contribution in [3.63, 3.8) is 0 Å². The van der Waals surface area contributed by atoms with Crippen LogP contribution in [-0.2, 0) is 9.53 Å². The fourth-order valence-electron chi connectivity index (χ4n) is 1.77. The molecule has 0 aromatic rings. The van der Waals surface area contributed by atoms with Crippen LogP contribution in [0.1, 0.15) is 25.7 Å². The van der Waals surface area contributed by atoms with E-state index in [1.165, 1.54) is 7.11 Å². The van der Waals surface area contributed by atoms with E-state index in [4.69, 9.17) is 0 Å². The van der Waals surface area contributed by atoms with Crippen LogP contribution in [0.3, 0.4) is 0 Å². The molecule has 1 saturated carbocycles. The third-order valence-electron chi connectivity index (χ3n) is 2.66. The number of alkyl halides is 2. The van der Waals surface area contributed by atoms with Gasteiger partial charge in [-0.25, -0.2) is 8.78 Å². The van der Waals surface area contributed by atoms with E-state index in [1.807, 2.05) is 0 Å². The maximum atomic E-state index is 12.2. The van der Waals surface area contributed by atoms with E-state index < -0.39 is 12.3 Å². The lowest BCUT2D eigenvalue weighted by Crippen LogP contribution is -2.25. The first kappa shape index (κ1) is 10.4. The van der Waals surface area contributed by atoms with Crippen LogP contribution in [0.2, 0.25) is 0 Å². The molecule has 0 radical (unpaired) electrons. The number of rotatable bonds is 2. The van der Waals surface area contributed by atoms with Crippen molar-refractivity contribution in [2.45, 2.75) is 32.1 Å². The highest BCUT2D eigenvalue weighted by molar-refractivity contribution is 5.72. The highest BCUT2D eigenvalue weighted by atomic mass is 19.3. The topological polar surface area (TPSA) is 26.3 Å². The van der Waals surface area contributed by atoms with Crippen molar-refractivity contribution in [3.8, 4) is 0 Å². The molecular weight excluding hydrogens is 178 g/mol. The molecule has 0 saturated heterocycles. The van der Waals surface area contributed by atoms with E-state index in [0.717, 1.165) is 0 Å². The Hall–Kier alpha value is -0.670. The van der Waals surface area contributed by atoms with Crippen molar-refractivity contribution in [1.82, 2.24) is 0 Å². The zero-order valence-electron chi connectivity index (χ0n) is 7.63. The number of methoxy groups -OCH3 is 1. The third-order valence-corrected chi connectivity index (χ3v) is 2.66. The number of hydrogen-bond acceptors (Lipinski definition) is 2. The van der Waals surface area contributed by atoms with Crippen LogP contribution in [-0.4, -0.2) is 19.5 Å². The van der Waals surface area contributed by atoms with Crippen molar-refractivity contribution in [2.75, 3.05) is 7.11 Å². The Kier molecular flexibility index (Phi) is 3.63. The molecule has 0 aromatic heterocycles. The first-order valence-corrected chi connectivity index (χ1v) is 4.51. The predicted molar refractivity (Wildman–Crippen MR) is 43.5 cm³/mol. The summed E-state index contributed by atoms with van der Waals surface area (Å²) in [5.41, 5.74) is 0. The lowest BCUT2D eigenvalue weighted by atomic mass is 9.82. The smallest absolute Gasteiger partial charge is 0.308 e. The second-order valence-corrected chi connectivity index (χ2v) is 3.47. The van der Waals surface area contributed by atoms with Gasteiger partial charge in [0.05, 0.1) is 13.0 Å². The first-order chi connectivity index (χ1) is 6.15. The van der Waals surface area contributed by atoms with Gasteiger partial charge in [0.25, 0.3) is 0 Å². The van der Waals surface area contributed by atoms with Gasteiger partial charge in [-0.3, -0.25) is 4.79 Å². The van der Waals surface area contributed by atoms with Gasteiger partial charge in [-0.05, 0) is 25.7 Å². The largest absolute Gasteiger partial charge is 0.469 e. The van der Waals surface area contributed by atoms with Gasteiger partial charge in [-0.2, -0.15) is 0 Å². The van der Waals surface area contributed by atoms with Crippen LogP contribution < -0.4 is 0 Å². The van der Waals surface area contributed by atoms with Crippen molar-refractivity contribution in [3.05, 3.63) is 0 Å². The molecule has 0 N–H and O–H groups in total. The zero-order chi connectivity index (χ0) is 9.84. The van der Waals surface area contributed by atoms with E-state index >= 15 is 0 Å². The molecule has 4 heteroatoms. The number of carbonyl (C=O) groups is 1. The van der Waals surface area contributed by atoms with Crippen LogP contribution in [0.15, 0.2) is 0 Å². The van der Waals surface area contributed by atoms with Crippen molar-refractivity contribution in [2.24, 2.45) is 11.8 Å². The van der Waals surface area contributed by atoms with Gasteiger partial charge in [0, 0.05) is 5.92 Å². The molecular formula is C9H14F2O2. The second-order valence-electron chi connectivity index (χ2n) is 3.47. The first-order valence-electron chi connectivity index (χ1n) is 4.51. The Morgan fingerprint density at radius 2 is 1.85 bits per heavy atom. The number of ether oxygens (including phenoxy) is 1. The van der Waals surface area contributed by atoms with Gasteiger partial charge in [0.1, 0.15) is 0 Å². The van der Waals surface area contributed by atoms with Crippen LogP contribution in [0.25, 0.3) is 0 Å². The van der Waals surface area contributed by atoms with E-state index in [1.54, 1.807) is 0 Å². The minimum absolute atomic E-state index is 0.153. The molecule has 13 heavy (non-hydrogen) atoms. The summed E-state index contributed by atoms with van der Waals surface area (Å²) in [4.78, 5) is 11.0. The normalized spacial score (nSPS) is 28.9. The summed E-state index contributed by atoms with van der Waals surface area (Å²) in [7, 11) is 1.33. The van der Waals surface area contributed by atoms with Gasteiger partial charge < -0.3 is 4.74 Å². The summed E-state index contributed by atoms with van der Waals surface area (Å²) < 4.78 is 29.0. The fraction of sp³-hybridized carbons (Fsp3) is 0.889. The Morgan fingerprint density at radius 1 is 1.31 bits per heavy atom. The van der Waals surface area contributed by atoms with Gasteiger partial charge in [-0.15, -0.1) is 0 Å². The van der Waals surface area contributed by atoms with Crippen LogP contribution >= 0.6 is 0 Å². The molecule has 1 aliphatic carbocycles. The van der Waals surface area contributed by atoms with Crippen molar-refractivity contribution in [1.29, 1.82) is 0 Å². The average molecular weight is 192 g/mol. The SMILES string of the molecule is COC(=O)C1CCC(C(F)F)CC1. The number of esters is 1. The highest BCUT2D eigenvalue weighted by Crippen LogP contribution is 2.32. The molecule has 0 heterocycles. The van der Waals surface area contributed by atoms with E-state index in [2.05, 4.69) is 4.74 Å². The van der Waals surface area contributed by atoms with Gasteiger partial charge in [-0.1, -0.05) is 0 Å². The molecule has 76 valence electrons. The van der Waals surface area contributed by atoms with Gasteiger partial charge >= 0.3 is 5.97 Å². The maximum Gasteiger partial charge on any atom is 0.308 e. The Labute approximate surface area is 76.3 Å². The van der Waals surface area contributed by atoms with E-state index in [-0.39, 0.29) is 11.9 Å². The fourth-order valence-corrected chi connectivity index (χ4v) is 1.77. The lowest BCUT2D eigenvalue weighted by molar-refractivity contribution is -0.147. The molecule has 0 aromatic carbocycles. The molecule has 0 aliphatic heterocycles. The molecule has 0 amide bonds. The van der Waals surface area contributed by atoms with Gasteiger partial charge in [0.2, 0.25) is 6.43 Å². The lowest BCUT2D eigenvalue weighted by Gasteiger charge is -2.25. The zero-order valence-corrected chi connectivity index (χ0v) is 7.63. The minimum Gasteiger partial charge on any atom is -0.469 e. The summed E-state index contributed by atoms with van der Waals surface area (Å²) in [6.07, 6.45) is -0.267. The quantitative estimate of drug-likeness (QED) is 0.627. The molecule has 0 atom stereocenters. The van der Waals surface area contributed by atoms with Gasteiger partial charge in [0.15, 0.2) is 0 Å². The van der Waals surface area contributed by atoms with Crippen molar-refractivity contribution < 1.29 is 18.3 Å². The monoisotopic (exact) mass is 192 g/mol. The van der Waals surface area contributed by atoms with Crippen molar-refractivity contribution >= 4 is 5.97 Å². The predicted octanol–water partition coefficient (Wildman–Crippen LogP) is 2.23. The number of halogens is 2. The molecule has 1 rings (SSSR count). The highest BCUT2D eigenvalue weighted by Gasteiger charge is 2.30. The Morgan fingerprint density at radius 3 is 2.23 bits per heavy atom. The molecule has 2 nitrogen and oxygen atoms in total. The second kappa shape index (κ2) is 4.53. The standard InChI is InChI=1S/C9H14F2O2/c1-13-9(12)7-4-2-6(3-5-7)8(10)11/h6-8H,2-5H2,1H3. The summed E-state index contributed by atoms with van der Waals surface area (Å²) >= 11 is 0. The Bertz CT molecular complexity index is 174. The van der Waals surface area contributed by atoms with Crippen LogP contribution in [0, 0.1) is 11.8 Å². The van der Waals surface area contributed by atoms with E-state index in [9.17, 15) is 13.6 Å². The third kappa shape index (κ3) is 2.64. The van der Waals surface area contributed by atoms with Crippen LogP contribution in [0.5, 0.6) is 0 Å². The molecule has 1 fully saturated rings. The number of carbonyl (C=O) groups excluding carboxylic acids is 1.